The Balaban J connectivity index is 2.01. The van der Waals surface area contributed by atoms with Crippen LogP contribution in [0.2, 0.25) is 0 Å². The third-order valence-electron chi connectivity index (χ3n) is 3.23. The zero-order valence-electron chi connectivity index (χ0n) is 13.9. The Hall–Kier alpha value is -2.49. The van der Waals surface area contributed by atoms with Crippen LogP contribution in [-0.2, 0) is 4.79 Å². The molecule has 2 aromatic carbocycles. The molecular weight excluding hydrogens is 288 g/mol. The van der Waals surface area contributed by atoms with E-state index < -0.39 is 0 Å². The summed E-state index contributed by atoms with van der Waals surface area (Å²) in [6.07, 6.45) is 0.529. The van der Waals surface area contributed by atoms with Crippen LogP contribution in [0.3, 0.4) is 0 Å². The molecule has 0 spiro atoms. The van der Waals surface area contributed by atoms with E-state index in [-0.39, 0.29) is 5.91 Å². The van der Waals surface area contributed by atoms with Gasteiger partial charge in [0.25, 0.3) is 0 Å². The molecule has 0 aliphatic rings. The first-order valence-electron chi connectivity index (χ1n) is 7.97. The van der Waals surface area contributed by atoms with E-state index in [0.717, 1.165) is 22.8 Å². The number of para-hydroxylation sites is 2. The summed E-state index contributed by atoms with van der Waals surface area (Å²) in [5, 5.41) is 6.24. The normalized spacial score (nSPS) is 10.4. The number of benzene rings is 2. The van der Waals surface area contributed by atoms with E-state index >= 15 is 0 Å². The molecule has 4 nitrogen and oxygen atoms in total. The Bertz CT molecular complexity index is 636. The standard InChI is InChI=1S/C19H24N2O2/c1-4-23-18-8-6-5-7-17(18)20-15-9-11-16(12-10-15)21-19(22)13-14(2)3/h5-12,14,20H,4,13H2,1-3H3,(H,21,22). The van der Waals surface area contributed by atoms with Crippen molar-refractivity contribution >= 4 is 23.0 Å². The molecule has 0 radical (unpaired) electrons. The van der Waals surface area contributed by atoms with E-state index in [1.54, 1.807) is 0 Å². The van der Waals surface area contributed by atoms with Gasteiger partial charge in [-0.05, 0) is 49.2 Å². The monoisotopic (exact) mass is 312 g/mol. The summed E-state index contributed by atoms with van der Waals surface area (Å²) in [7, 11) is 0. The Kier molecular flexibility index (Phi) is 6.03. The zero-order valence-corrected chi connectivity index (χ0v) is 13.9. The van der Waals surface area contributed by atoms with Gasteiger partial charge < -0.3 is 15.4 Å². The maximum Gasteiger partial charge on any atom is 0.224 e. The summed E-state index contributed by atoms with van der Waals surface area (Å²) in [6.45, 7) is 6.65. The second-order valence-corrected chi connectivity index (χ2v) is 5.78. The van der Waals surface area contributed by atoms with Gasteiger partial charge in [-0.2, -0.15) is 0 Å². The Labute approximate surface area is 137 Å². The van der Waals surface area contributed by atoms with E-state index in [2.05, 4.69) is 10.6 Å². The van der Waals surface area contributed by atoms with Crippen molar-refractivity contribution in [3.05, 3.63) is 48.5 Å². The number of carbonyl (C=O) groups excluding carboxylic acids is 1. The van der Waals surface area contributed by atoms with Crippen molar-refractivity contribution in [2.75, 3.05) is 17.2 Å². The number of anilines is 3. The number of hydrogen-bond donors (Lipinski definition) is 2. The highest BCUT2D eigenvalue weighted by Crippen LogP contribution is 2.27. The summed E-state index contributed by atoms with van der Waals surface area (Å²) < 4.78 is 5.60. The second kappa shape index (κ2) is 8.22. The quantitative estimate of drug-likeness (QED) is 0.771. The highest BCUT2D eigenvalue weighted by atomic mass is 16.5. The van der Waals surface area contributed by atoms with Gasteiger partial charge in [-0.3, -0.25) is 4.79 Å². The van der Waals surface area contributed by atoms with Crippen molar-refractivity contribution < 1.29 is 9.53 Å². The minimum Gasteiger partial charge on any atom is -0.492 e. The molecule has 2 aromatic rings. The molecule has 1 amide bonds. The van der Waals surface area contributed by atoms with Crippen molar-refractivity contribution in [3.8, 4) is 5.75 Å². The van der Waals surface area contributed by atoms with Crippen LogP contribution in [0.4, 0.5) is 17.1 Å². The van der Waals surface area contributed by atoms with E-state index in [9.17, 15) is 4.79 Å². The molecule has 0 bridgehead atoms. The fraction of sp³-hybridized carbons (Fsp3) is 0.316. The molecule has 0 aromatic heterocycles. The molecule has 0 unspecified atom stereocenters. The van der Waals surface area contributed by atoms with E-state index in [0.29, 0.717) is 18.9 Å². The lowest BCUT2D eigenvalue weighted by Gasteiger charge is -2.13. The largest absolute Gasteiger partial charge is 0.492 e. The molecular formula is C19H24N2O2. The third kappa shape index (κ3) is 5.33. The average Bonchev–Trinajstić information content (AvgIpc) is 2.50. The molecule has 0 saturated heterocycles. The first kappa shape index (κ1) is 16.9. The van der Waals surface area contributed by atoms with Gasteiger partial charge in [-0.25, -0.2) is 0 Å². The van der Waals surface area contributed by atoms with Gasteiger partial charge in [0, 0.05) is 17.8 Å². The van der Waals surface area contributed by atoms with Gasteiger partial charge in [0.2, 0.25) is 5.91 Å². The van der Waals surface area contributed by atoms with E-state index in [1.165, 1.54) is 0 Å². The topological polar surface area (TPSA) is 50.4 Å². The third-order valence-corrected chi connectivity index (χ3v) is 3.23. The summed E-state index contributed by atoms with van der Waals surface area (Å²) in [4.78, 5) is 11.8. The number of ether oxygens (including phenoxy) is 1. The second-order valence-electron chi connectivity index (χ2n) is 5.78. The first-order valence-corrected chi connectivity index (χ1v) is 7.97. The van der Waals surface area contributed by atoms with Gasteiger partial charge in [0.15, 0.2) is 0 Å². The molecule has 122 valence electrons. The highest BCUT2D eigenvalue weighted by Gasteiger charge is 2.06. The molecule has 0 aliphatic heterocycles. The van der Waals surface area contributed by atoms with E-state index in [4.69, 9.17) is 4.74 Å². The average molecular weight is 312 g/mol. The Morgan fingerprint density at radius 1 is 1.04 bits per heavy atom. The lowest BCUT2D eigenvalue weighted by Crippen LogP contribution is -2.13. The predicted molar refractivity (Wildman–Crippen MR) is 95.4 cm³/mol. The van der Waals surface area contributed by atoms with Gasteiger partial charge in [-0.1, -0.05) is 26.0 Å². The molecule has 4 heteroatoms. The van der Waals surface area contributed by atoms with Crippen LogP contribution in [0, 0.1) is 5.92 Å². The number of rotatable bonds is 7. The molecule has 0 heterocycles. The Morgan fingerprint density at radius 2 is 1.70 bits per heavy atom. The fourth-order valence-electron chi connectivity index (χ4n) is 2.23. The Morgan fingerprint density at radius 3 is 2.35 bits per heavy atom. The number of nitrogens with one attached hydrogen (secondary N) is 2. The minimum atomic E-state index is 0.0439. The lowest BCUT2D eigenvalue weighted by atomic mass is 10.1. The lowest BCUT2D eigenvalue weighted by molar-refractivity contribution is -0.116. The number of hydrogen-bond acceptors (Lipinski definition) is 3. The van der Waals surface area contributed by atoms with Crippen molar-refractivity contribution in [2.45, 2.75) is 27.2 Å². The van der Waals surface area contributed by atoms with Crippen LogP contribution >= 0.6 is 0 Å². The molecule has 2 N–H and O–H groups in total. The summed E-state index contributed by atoms with van der Waals surface area (Å²) in [5.41, 5.74) is 2.67. The maximum atomic E-state index is 11.8. The zero-order chi connectivity index (χ0) is 16.7. The van der Waals surface area contributed by atoms with Crippen LogP contribution in [0.5, 0.6) is 5.75 Å². The maximum absolute atomic E-state index is 11.8. The predicted octanol–water partition coefficient (Wildman–Crippen LogP) is 4.81. The molecule has 23 heavy (non-hydrogen) atoms. The van der Waals surface area contributed by atoms with Crippen molar-refractivity contribution in [1.29, 1.82) is 0 Å². The smallest absolute Gasteiger partial charge is 0.224 e. The molecule has 0 atom stereocenters. The number of amides is 1. The van der Waals surface area contributed by atoms with Crippen LogP contribution < -0.4 is 15.4 Å². The number of carbonyl (C=O) groups is 1. The van der Waals surface area contributed by atoms with Crippen LogP contribution in [-0.4, -0.2) is 12.5 Å². The summed E-state index contributed by atoms with van der Waals surface area (Å²) >= 11 is 0. The van der Waals surface area contributed by atoms with Crippen LogP contribution in [0.1, 0.15) is 27.2 Å². The molecule has 0 saturated carbocycles. The fourth-order valence-corrected chi connectivity index (χ4v) is 2.23. The van der Waals surface area contributed by atoms with E-state index in [1.807, 2.05) is 69.3 Å². The molecule has 0 aliphatic carbocycles. The minimum absolute atomic E-state index is 0.0439. The van der Waals surface area contributed by atoms with Crippen LogP contribution in [0.25, 0.3) is 0 Å². The van der Waals surface area contributed by atoms with Gasteiger partial charge in [0.05, 0.1) is 12.3 Å². The van der Waals surface area contributed by atoms with Gasteiger partial charge in [-0.15, -0.1) is 0 Å². The van der Waals surface area contributed by atoms with Crippen molar-refractivity contribution in [3.63, 3.8) is 0 Å². The van der Waals surface area contributed by atoms with Crippen LogP contribution in [0.15, 0.2) is 48.5 Å². The first-order chi connectivity index (χ1) is 11.1. The summed E-state index contributed by atoms with van der Waals surface area (Å²) in [5.74, 6) is 1.22. The molecule has 0 fully saturated rings. The van der Waals surface area contributed by atoms with Gasteiger partial charge >= 0.3 is 0 Å². The highest BCUT2D eigenvalue weighted by molar-refractivity contribution is 5.91. The summed E-state index contributed by atoms with van der Waals surface area (Å²) in [6, 6.07) is 15.5. The van der Waals surface area contributed by atoms with Crippen molar-refractivity contribution in [2.24, 2.45) is 5.92 Å². The SMILES string of the molecule is CCOc1ccccc1Nc1ccc(NC(=O)CC(C)C)cc1. The van der Waals surface area contributed by atoms with Crippen molar-refractivity contribution in [1.82, 2.24) is 0 Å². The van der Waals surface area contributed by atoms with Gasteiger partial charge in [0.1, 0.15) is 5.75 Å². The molecule has 2 rings (SSSR count).